The average molecular weight is 722 g/mol. The summed E-state index contributed by atoms with van der Waals surface area (Å²) in [5.74, 6) is -0.0968. The fourth-order valence-electron chi connectivity index (χ4n) is 6.81. The monoisotopic (exact) mass is 722 g/mol. The van der Waals surface area contributed by atoms with Crippen molar-refractivity contribution in [2.75, 3.05) is 13.2 Å². The molecule has 0 aromatic heterocycles. The molecule has 6 nitrogen and oxygen atoms in total. The average Bonchev–Trinajstić information content (AvgIpc) is 3.13. The van der Waals surface area contributed by atoms with Gasteiger partial charge in [0.2, 0.25) is 5.91 Å². The number of hydrogen-bond donors (Lipinski definition) is 3. The molecule has 6 heteroatoms. The zero-order chi connectivity index (χ0) is 37.3. The molecule has 0 radical (unpaired) electrons. The van der Waals surface area contributed by atoms with Crippen molar-refractivity contribution < 1.29 is 24.5 Å². The van der Waals surface area contributed by atoms with Gasteiger partial charge in [0.1, 0.15) is 0 Å². The summed E-state index contributed by atoms with van der Waals surface area (Å²) in [4.78, 5) is 24.3. The maximum atomic E-state index is 12.4. The molecule has 0 saturated heterocycles. The molecule has 0 fully saturated rings. The van der Waals surface area contributed by atoms with Crippen LogP contribution in [0.5, 0.6) is 0 Å². The zero-order valence-electron chi connectivity index (χ0n) is 34.1. The molecule has 302 valence electrons. The largest absolute Gasteiger partial charge is 0.466 e. The van der Waals surface area contributed by atoms with Crippen LogP contribution in [0.25, 0.3) is 0 Å². The Balaban J connectivity index is 3.49. The van der Waals surface area contributed by atoms with E-state index in [0.29, 0.717) is 19.4 Å². The Hall–Kier alpha value is -1.40. The third-order valence-corrected chi connectivity index (χ3v) is 10.3. The van der Waals surface area contributed by atoms with Crippen molar-refractivity contribution in [1.29, 1.82) is 0 Å². The molecule has 0 spiro atoms. The molecule has 51 heavy (non-hydrogen) atoms. The van der Waals surface area contributed by atoms with E-state index in [9.17, 15) is 19.8 Å². The van der Waals surface area contributed by atoms with Crippen molar-refractivity contribution >= 4 is 11.9 Å². The Morgan fingerprint density at radius 1 is 0.529 bits per heavy atom. The van der Waals surface area contributed by atoms with Crippen LogP contribution < -0.4 is 5.32 Å². The van der Waals surface area contributed by atoms with Crippen molar-refractivity contribution in [2.45, 2.75) is 251 Å². The van der Waals surface area contributed by atoms with Crippen LogP contribution >= 0.6 is 0 Å². The molecule has 3 N–H and O–H groups in total. The molecule has 0 saturated carbocycles. The van der Waals surface area contributed by atoms with Crippen LogP contribution in [0.2, 0.25) is 0 Å². The van der Waals surface area contributed by atoms with Crippen LogP contribution in [-0.4, -0.2) is 47.4 Å². The fraction of sp³-hybridized carbons (Fsp3) is 0.911. The van der Waals surface area contributed by atoms with E-state index < -0.39 is 12.1 Å². The lowest BCUT2D eigenvalue weighted by molar-refractivity contribution is -0.143. The van der Waals surface area contributed by atoms with Crippen LogP contribution in [0.3, 0.4) is 0 Å². The number of unbranched alkanes of at least 4 members (excludes halogenated alkanes) is 30. The summed E-state index contributed by atoms with van der Waals surface area (Å²) in [6, 6.07) is -0.636. The first-order valence-corrected chi connectivity index (χ1v) is 22.5. The number of allylic oxidation sites excluding steroid dienone is 1. The first-order valence-electron chi connectivity index (χ1n) is 22.5. The standard InChI is InChI=1S/C45H87NO5/c1-3-5-7-9-11-13-17-21-25-29-33-37-43(48)42(41-47)46-44(49)38-34-30-26-22-19-15-16-20-24-28-32-36-40-51-45(50)39-35-31-27-23-18-14-12-10-8-6-4-2/h33,37,42-43,47-48H,3-32,34-36,38-41H2,1-2H3,(H,46,49)/b37-33+. The number of nitrogens with one attached hydrogen (secondary N) is 1. The van der Waals surface area contributed by atoms with Gasteiger partial charge in [-0.05, 0) is 32.1 Å². The van der Waals surface area contributed by atoms with Crippen molar-refractivity contribution in [3.8, 4) is 0 Å². The minimum atomic E-state index is -0.851. The summed E-state index contributed by atoms with van der Waals surface area (Å²) < 4.78 is 5.43. The lowest BCUT2D eigenvalue weighted by Crippen LogP contribution is -2.45. The van der Waals surface area contributed by atoms with Crippen LogP contribution in [0, 0.1) is 0 Å². The Morgan fingerprint density at radius 2 is 0.902 bits per heavy atom. The summed E-state index contributed by atoms with van der Waals surface area (Å²) in [6.45, 7) is 4.84. The molecule has 0 aromatic rings. The van der Waals surface area contributed by atoms with Crippen molar-refractivity contribution in [3.63, 3.8) is 0 Å². The minimum Gasteiger partial charge on any atom is -0.466 e. The van der Waals surface area contributed by atoms with Gasteiger partial charge in [-0.1, -0.05) is 206 Å². The first-order chi connectivity index (χ1) is 25.0. The van der Waals surface area contributed by atoms with E-state index in [-0.39, 0.29) is 18.5 Å². The van der Waals surface area contributed by atoms with Gasteiger partial charge in [-0.15, -0.1) is 0 Å². The molecule has 0 aliphatic heterocycles. The van der Waals surface area contributed by atoms with Crippen molar-refractivity contribution in [3.05, 3.63) is 12.2 Å². The number of carbonyl (C=O) groups is 2. The number of esters is 1. The number of aliphatic hydroxyl groups is 2. The highest BCUT2D eigenvalue weighted by Crippen LogP contribution is 2.15. The smallest absolute Gasteiger partial charge is 0.305 e. The second-order valence-corrected chi connectivity index (χ2v) is 15.4. The molecular weight excluding hydrogens is 634 g/mol. The molecule has 0 rings (SSSR count). The van der Waals surface area contributed by atoms with Gasteiger partial charge in [0.05, 0.1) is 25.4 Å². The van der Waals surface area contributed by atoms with E-state index in [2.05, 4.69) is 19.2 Å². The minimum absolute atomic E-state index is 0.0118. The van der Waals surface area contributed by atoms with Gasteiger partial charge < -0.3 is 20.3 Å². The van der Waals surface area contributed by atoms with Gasteiger partial charge in [-0.2, -0.15) is 0 Å². The second-order valence-electron chi connectivity index (χ2n) is 15.4. The van der Waals surface area contributed by atoms with Gasteiger partial charge in [-0.3, -0.25) is 9.59 Å². The first kappa shape index (κ1) is 49.6. The number of amides is 1. The summed E-state index contributed by atoms with van der Waals surface area (Å²) in [6.07, 6.45) is 44.8. The molecular formula is C45H87NO5. The van der Waals surface area contributed by atoms with E-state index in [1.165, 1.54) is 154 Å². The number of hydrogen-bond acceptors (Lipinski definition) is 5. The quantitative estimate of drug-likeness (QED) is 0.0332. The normalized spacial score (nSPS) is 12.8. The highest BCUT2D eigenvalue weighted by atomic mass is 16.5. The van der Waals surface area contributed by atoms with Gasteiger partial charge in [-0.25, -0.2) is 0 Å². The van der Waals surface area contributed by atoms with Gasteiger partial charge in [0.25, 0.3) is 0 Å². The molecule has 1 amide bonds. The number of aliphatic hydroxyl groups excluding tert-OH is 2. The SMILES string of the molecule is CCCCCCCCCCC/C=C/C(O)C(CO)NC(=O)CCCCCCCCCCCCCCOC(=O)CCCCCCCCCCCCC. The summed E-state index contributed by atoms with van der Waals surface area (Å²) in [5.41, 5.74) is 0. The predicted molar refractivity (Wildman–Crippen MR) is 218 cm³/mol. The van der Waals surface area contributed by atoms with Crippen LogP contribution in [0.4, 0.5) is 0 Å². The van der Waals surface area contributed by atoms with E-state index in [0.717, 1.165) is 57.8 Å². The maximum Gasteiger partial charge on any atom is 0.305 e. The maximum absolute atomic E-state index is 12.4. The summed E-state index contributed by atoms with van der Waals surface area (Å²) >= 11 is 0. The molecule has 0 bridgehead atoms. The zero-order valence-corrected chi connectivity index (χ0v) is 34.1. The molecule has 0 heterocycles. The number of carbonyl (C=O) groups excluding carboxylic acids is 2. The third kappa shape index (κ3) is 38.1. The van der Waals surface area contributed by atoms with Crippen LogP contribution in [0.1, 0.15) is 239 Å². The fourth-order valence-corrected chi connectivity index (χ4v) is 6.81. The lowest BCUT2D eigenvalue weighted by Gasteiger charge is -2.20. The van der Waals surface area contributed by atoms with E-state index >= 15 is 0 Å². The molecule has 0 aromatic carbocycles. The van der Waals surface area contributed by atoms with Gasteiger partial charge >= 0.3 is 5.97 Å². The predicted octanol–water partition coefficient (Wildman–Crippen LogP) is 12.6. The lowest BCUT2D eigenvalue weighted by atomic mass is 10.0. The molecule has 2 unspecified atom stereocenters. The number of ether oxygens (including phenoxy) is 1. The van der Waals surface area contributed by atoms with Crippen LogP contribution in [-0.2, 0) is 14.3 Å². The Morgan fingerprint density at radius 3 is 1.33 bits per heavy atom. The third-order valence-electron chi connectivity index (χ3n) is 10.3. The Labute approximate surface area is 317 Å². The second kappa shape index (κ2) is 41.4. The Bertz CT molecular complexity index is 757. The topological polar surface area (TPSA) is 95.9 Å². The summed E-state index contributed by atoms with van der Waals surface area (Å²) in [5, 5.41) is 22.9. The van der Waals surface area contributed by atoms with Gasteiger partial charge in [0.15, 0.2) is 0 Å². The summed E-state index contributed by atoms with van der Waals surface area (Å²) in [7, 11) is 0. The van der Waals surface area contributed by atoms with Crippen LogP contribution in [0.15, 0.2) is 12.2 Å². The van der Waals surface area contributed by atoms with E-state index in [1.54, 1.807) is 6.08 Å². The molecule has 0 aliphatic carbocycles. The molecule has 0 aliphatic rings. The Kier molecular flexibility index (Phi) is 40.2. The van der Waals surface area contributed by atoms with Crippen molar-refractivity contribution in [1.82, 2.24) is 5.32 Å². The highest BCUT2D eigenvalue weighted by molar-refractivity contribution is 5.76. The van der Waals surface area contributed by atoms with E-state index in [4.69, 9.17) is 4.74 Å². The number of rotatable bonds is 41. The highest BCUT2D eigenvalue weighted by Gasteiger charge is 2.18. The van der Waals surface area contributed by atoms with E-state index in [1.807, 2.05) is 6.08 Å². The van der Waals surface area contributed by atoms with Gasteiger partial charge in [0, 0.05) is 12.8 Å². The van der Waals surface area contributed by atoms with Crippen molar-refractivity contribution in [2.24, 2.45) is 0 Å². The molecule has 2 atom stereocenters.